The number of rotatable bonds is 4. The largest absolute Gasteiger partial charge is 0.462 e. The van der Waals surface area contributed by atoms with Crippen molar-refractivity contribution in [1.82, 2.24) is 0 Å². The van der Waals surface area contributed by atoms with Crippen molar-refractivity contribution < 1.29 is 14.6 Å². The molecular weight excluding hydrogens is 252 g/mol. The van der Waals surface area contributed by atoms with E-state index in [4.69, 9.17) is 4.74 Å². The van der Waals surface area contributed by atoms with E-state index in [9.17, 15) is 9.90 Å². The molecule has 2 rings (SSSR count). The van der Waals surface area contributed by atoms with Gasteiger partial charge >= 0.3 is 5.97 Å². The Morgan fingerprint density at radius 3 is 2.40 bits per heavy atom. The van der Waals surface area contributed by atoms with Crippen LogP contribution in [0.15, 0.2) is 42.5 Å². The maximum atomic E-state index is 11.8. The topological polar surface area (TPSA) is 46.5 Å². The molecule has 3 heteroatoms. The molecule has 0 aromatic heterocycles. The van der Waals surface area contributed by atoms with Gasteiger partial charge in [-0.3, -0.25) is 0 Å². The molecule has 20 heavy (non-hydrogen) atoms. The summed E-state index contributed by atoms with van der Waals surface area (Å²) in [5.41, 5.74) is 4.26. The van der Waals surface area contributed by atoms with E-state index in [1.807, 2.05) is 37.3 Å². The van der Waals surface area contributed by atoms with E-state index in [0.29, 0.717) is 17.7 Å². The molecule has 0 radical (unpaired) electrons. The van der Waals surface area contributed by atoms with Crippen molar-refractivity contribution in [2.75, 3.05) is 6.61 Å². The highest BCUT2D eigenvalue weighted by Crippen LogP contribution is 2.23. The van der Waals surface area contributed by atoms with Crippen molar-refractivity contribution in [3.05, 3.63) is 59.2 Å². The third-order valence-corrected chi connectivity index (χ3v) is 3.07. The average Bonchev–Trinajstić information content (AvgIpc) is 2.47. The summed E-state index contributed by atoms with van der Waals surface area (Å²) in [6, 6.07) is 13.4. The van der Waals surface area contributed by atoms with Gasteiger partial charge in [0, 0.05) is 0 Å². The fourth-order valence-corrected chi connectivity index (χ4v) is 2.03. The van der Waals surface area contributed by atoms with Gasteiger partial charge in [0.25, 0.3) is 0 Å². The van der Waals surface area contributed by atoms with Gasteiger partial charge in [-0.25, -0.2) is 4.79 Å². The van der Waals surface area contributed by atoms with Gasteiger partial charge < -0.3 is 9.84 Å². The Labute approximate surface area is 118 Å². The summed E-state index contributed by atoms with van der Waals surface area (Å²) in [6.45, 7) is 4.03. The molecule has 3 nitrogen and oxygen atoms in total. The zero-order valence-corrected chi connectivity index (χ0v) is 11.7. The van der Waals surface area contributed by atoms with Gasteiger partial charge in [0.2, 0.25) is 0 Å². The summed E-state index contributed by atoms with van der Waals surface area (Å²) in [4.78, 5) is 11.8. The minimum absolute atomic E-state index is 0.105. The molecule has 0 amide bonds. The third kappa shape index (κ3) is 3.25. The smallest absolute Gasteiger partial charge is 0.338 e. The van der Waals surface area contributed by atoms with Crippen LogP contribution in [0.25, 0.3) is 11.1 Å². The highest BCUT2D eigenvalue weighted by Gasteiger charge is 2.10. The van der Waals surface area contributed by atoms with Crippen LogP contribution in [0.5, 0.6) is 0 Å². The number of aryl methyl sites for hydroxylation is 1. The fraction of sp³-hybridized carbons (Fsp3) is 0.235. The number of esters is 1. The van der Waals surface area contributed by atoms with E-state index in [1.54, 1.807) is 19.1 Å². The second kappa shape index (κ2) is 6.35. The first kappa shape index (κ1) is 14.3. The first-order valence-electron chi connectivity index (χ1n) is 6.63. The summed E-state index contributed by atoms with van der Waals surface area (Å²) in [5, 5.41) is 9.34. The molecule has 0 bridgehead atoms. The normalized spacial score (nSPS) is 10.3. The van der Waals surface area contributed by atoms with Gasteiger partial charge in [-0.2, -0.15) is 0 Å². The van der Waals surface area contributed by atoms with Crippen molar-refractivity contribution in [2.45, 2.75) is 20.5 Å². The van der Waals surface area contributed by atoms with Crippen molar-refractivity contribution in [1.29, 1.82) is 0 Å². The number of aliphatic hydroxyl groups excluding tert-OH is 1. The maximum Gasteiger partial charge on any atom is 0.338 e. The molecule has 0 spiro atoms. The summed E-state index contributed by atoms with van der Waals surface area (Å²) in [6.07, 6.45) is 0. The lowest BCUT2D eigenvalue weighted by Gasteiger charge is -2.09. The third-order valence-electron chi connectivity index (χ3n) is 3.07. The van der Waals surface area contributed by atoms with Crippen molar-refractivity contribution in [3.63, 3.8) is 0 Å². The monoisotopic (exact) mass is 270 g/mol. The van der Waals surface area contributed by atoms with E-state index >= 15 is 0 Å². The number of benzene rings is 2. The SMILES string of the molecule is CCOC(=O)c1cc(CO)cc(-c2ccc(C)cc2)c1. The molecular formula is C17H18O3. The van der Waals surface area contributed by atoms with Crippen LogP contribution in [-0.2, 0) is 11.3 Å². The summed E-state index contributed by atoms with van der Waals surface area (Å²) in [7, 11) is 0. The molecule has 1 N–H and O–H groups in total. The molecule has 0 heterocycles. The minimum Gasteiger partial charge on any atom is -0.462 e. The van der Waals surface area contributed by atoms with E-state index in [2.05, 4.69) is 0 Å². The van der Waals surface area contributed by atoms with Crippen LogP contribution >= 0.6 is 0 Å². The number of carbonyl (C=O) groups excluding carboxylic acids is 1. The van der Waals surface area contributed by atoms with Crippen molar-refractivity contribution in [3.8, 4) is 11.1 Å². The number of hydrogen-bond acceptors (Lipinski definition) is 3. The lowest BCUT2D eigenvalue weighted by Crippen LogP contribution is -2.05. The second-order valence-electron chi connectivity index (χ2n) is 4.66. The lowest BCUT2D eigenvalue weighted by atomic mass is 9.99. The summed E-state index contributed by atoms with van der Waals surface area (Å²) >= 11 is 0. The van der Waals surface area contributed by atoms with Crippen LogP contribution in [0.4, 0.5) is 0 Å². The lowest BCUT2D eigenvalue weighted by molar-refractivity contribution is 0.0526. The first-order valence-corrected chi connectivity index (χ1v) is 6.63. The molecule has 0 aliphatic heterocycles. The molecule has 0 unspecified atom stereocenters. The Morgan fingerprint density at radius 2 is 1.80 bits per heavy atom. The highest BCUT2D eigenvalue weighted by atomic mass is 16.5. The molecule has 0 saturated carbocycles. The van der Waals surface area contributed by atoms with Crippen molar-refractivity contribution in [2.24, 2.45) is 0 Å². The van der Waals surface area contributed by atoms with Gasteiger partial charge in [-0.1, -0.05) is 29.8 Å². The van der Waals surface area contributed by atoms with Crippen LogP contribution in [-0.4, -0.2) is 17.7 Å². The molecule has 104 valence electrons. The Bertz CT molecular complexity index is 600. The zero-order chi connectivity index (χ0) is 14.5. The zero-order valence-electron chi connectivity index (χ0n) is 11.7. The van der Waals surface area contributed by atoms with Crippen LogP contribution in [0.3, 0.4) is 0 Å². The highest BCUT2D eigenvalue weighted by molar-refractivity contribution is 5.91. The van der Waals surface area contributed by atoms with E-state index in [0.717, 1.165) is 11.1 Å². The first-order chi connectivity index (χ1) is 9.63. The van der Waals surface area contributed by atoms with E-state index in [1.165, 1.54) is 5.56 Å². The van der Waals surface area contributed by atoms with Gasteiger partial charge in [0.1, 0.15) is 0 Å². The predicted octanol–water partition coefficient (Wildman–Crippen LogP) is 3.33. The van der Waals surface area contributed by atoms with Crippen LogP contribution in [0, 0.1) is 6.92 Å². The Balaban J connectivity index is 2.44. The Hall–Kier alpha value is -2.13. The maximum absolute atomic E-state index is 11.8. The van der Waals surface area contributed by atoms with Crippen LogP contribution < -0.4 is 0 Å². The molecule has 0 fully saturated rings. The predicted molar refractivity (Wildman–Crippen MR) is 78.5 cm³/mol. The number of hydrogen-bond donors (Lipinski definition) is 1. The molecule has 2 aromatic carbocycles. The second-order valence-corrected chi connectivity index (χ2v) is 4.66. The number of aliphatic hydroxyl groups is 1. The van der Waals surface area contributed by atoms with Crippen molar-refractivity contribution >= 4 is 5.97 Å². The number of ether oxygens (including phenoxy) is 1. The Morgan fingerprint density at radius 1 is 1.10 bits per heavy atom. The summed E-state index contributed by atoms with van der Waals surface area (Å²) < 4.78 is 5.02. The fourth-order valence-electron chi connectivity index (χ4n) is 2.03. The summed E-state index contributed by atoms with van der Waals surface area (Å²) in [5.74, 6) is -0.365. The standard InChI is InChI=1S/C17H18O3/c1-3-20-17(19)16-9-13(11-18)8-15(10-16)14-6-4-12(2)5-7-14/h4-10,18H,3,11H2,1-2H3. The van der Waals surface area contributed by atoms with Gasteiger partial charge in [0.15, 0.2) is 0 Å². The molecule has 0 aliphatic rings. The quantitative estimate of drug-likeness (QED) is 0.867. The Kier molecular flexibility index (Phi) is 4.53. The molecule has 2 aromatic rings. The average molecular weight is 270 g/mol. The number of carbonyl (C=O) groups is 1. The van der Waals surface area contributed by atoms with Crippen LogP contribution in [0.1, 0.15) is 28.4 Å². The minimum atomic E-state index is -0.365. The van der Waals surface area contributed by atoms with E-state index < -0.39 is 0 Å². The van der Waals surface area contributed by atoms with Gasteiger partial charge in [0.05, 0.1) is 18.8 Å². The van der Waals surface area contributed by atoms with Crippen LogP contribution in [0.2, 0.25) is 0 Å². The van der Waals surface area contributed by atoms with Gasteiger partial charge in [-0.05, 0) is 48.7 Å². The molecule has 0 atom stereocenters. The van der Waals surface area contributed by atoms with E-state index in [-0.39, 0.29) is 12.6 Å². The van der Waals surface area contributed by atoms with Gasteiger partial charge in [-0.15, -0.1) is 0 Å². The molecule has 0 aliphatic carbocycles. The molecule has 0 saturated heterocycles.